The Kier molecular flexibility index (Phi) is 4.41. The van der Waals surface area contributed by atoms with Crippen LogP contribution in [0.5, 0.6) is 0 Å². The van der Waals surface area contributed by atoms with Gasteiger partial charge >= 0.3 is 0 Å². The fourth-order valence-corrected chi connectivity index (χ4v) is 0.622. The minimum Gasteiger partial charge on any atom is -0.384 e. The molecule has 0 aliphatic rings. The van der Waals surface area contributed by atoms with E-state index >= 15 is 0 Å². The van der Waals surface area contributed by atoms with Gasteiger partial charge in [-0.2, -0.15) is 25.3 Å². The van der Waals surface area contributed by atoms with Crippen molar-refractivity contribution in [1.82, 2.24) is 0 Å². The average molecular weight is 152 g/mol. The van der Waals surface area contributed by atoms with Gasteiger partial charge in [-0.3, -0.25) is 4.79 Å². The fourth-order valence-electron chi connectivity index (χ4n) is 0.207. The first-order chi connectivity index (χ1) is 3.72. The second kappa shape index (κ2) is 4.23. The monoisotopic (exact) mass is 152 g/mol. The zero-order chi connectivity index (χ0) is 6.57. The number of aliphatic hydroxyl groups excluding tert-OH is 1. The lowest BCUT2D eigenvalue weighted by atomic mass is 10.3. The maximum absolute atomic E-state index is 10.4. The van der Waals surface area contributed by atoms with Crippen LogP contribution in [-0.2, 0) is 4.79 Å². The maximum atomic E-state index is 10.4. The summed E-state index contributed by atoms with van der Waals surface area (Å²) in [6.07, 6.45) is -0.934. The van der Waals surface area contributed by atoms with Crippen LogP contribution in [0.25, 0.3) is 0 Å². The van der Waals surface area contributed by atoms with E-state index in [4.69, 9.17) is 5.11 Å². The molecule has 0 spiro atoms. The number of rotatable bonds is 3. The molecule has 0 fully saturated rings. The Hall–Kier alpha value is 0.330. The lowest BCUT2D eigenvalue weighted by molar-refractivity contribution is -0.123. The Balaban J connectivity index is 3.46. The van der Waals surface area contributed by atoms with Crippen molar-refractivity contribution >= 4 is 31.0 Å². The van der Waals surface area contributed by atoms with Gasteiger partial charge in [0, 0.05) is 5.75 Å². The number of ketones is 1. The van der Waals surface area contributed by atoms with E-state index in [1.807, 2.05) is 0 Å². The molecule has 0 saturated carbocycles. The van der Waals surface area contributed by atoms with E-state index in [1.165, 1.54) is 0 Å². The van der Waals surface area contributed by atoms with Gasteiger partial charge in [0.15, 0.2) is 5.78 Å². The largest absolute Gasteiger partial charge is 0.384 e. The molecule has 0 amide bonds. The summed E-state index contributed by atoms with van der Waals surface area (Å²) < 4.78 is 0. The Morgan fingerprint density at radius 3 is 2.25 bits per heavy atom. The van der Waals surface area contributed by atoms with Gasteiger partial charge in [0.2, 0.25) is 0 Å². The highest BCUT2D eigenvalue weighted by Crippen LogP contribution is 1.90. The van der Waals surface area contributed by atoms with Crippen molar-refractivity contribution in [2.24, 2.45) is 0 Å². The standard InChI is InChI=1S/C4H8O2S2/c5-3(1-7)4(6)2-8/h3,5,7-8H,1-2H2/t3-/m1/s1. The Labute approximate surface area is 59.1 Å². The summed E-state index contributed by atoms with van der Waals surface area (Å²) in [4.78, 5) is 10.4. The van der Waals surface area contributed by atoms with Crippen LogP contribution in [0.1, 0.15) is 0 Å². The number of carbonyl (C=O) groups is 1. The van der Waals surface area contributed by atoms with Gasteiger partial charge in [-0.15, -0.1) is 0 Å². The van der Waals surface area contributed by atoms with Crippen LogP contribution in [0.2, 0.25) is 0 Å². The molecule has 0 unspecified atom stereocenters. The van der Waals surface area contributed by atoms with Gasteiger partial charge in [-0.05, 0) is 0 Å². The number of thiol groups is 2. The summed E-state index contributed by atoms with van der Waals surface area (Å²) in [6, 6.07) is 0. The fraction of sp³-hybridized carbons (Fsp3) is 0.750. The summed E-state index contributed by atoms with van der Waals surface area (Å²) in [5.41, 5.74) is 0. The molecule has 0 aromatic heterocycles. The predicted molar refractivity (Wildman–Crippen MR) is 38.7 cm³/mol. The predicted octanol–water partition coefficient (Wildman–Crippen LogP) is -0.224. The molecule has 0 saturated heterocycles. The van der Waals surface area contributed by atoms with E-state index in [2.05, 4.69) is 25.3 Å². The van der Waals surface area contributed by atoms with Gasteiger partial charge in [-0.25, -0.2) is 0 Å². The number of hydrogen-bond donors (Lipinski definition) is 3. The van der Waals surface area contributed by atoms with E-state index in [0.717, 1.165) is 0 Å². The van der Waals surface area contributed by atoms with Crippen molar-refractivity contribution in [3.63, 3.8) is 0 Å². The van der Waals surface area contributed by atoms with Crippen LogP contribution >= 0.6 is 25.3 Å². The average Bonchev–Trinajstić information content (AvgIpc) is 1.84. The van der Waals surface area contributed by atoms with Gasteiger partial charge in [-0.1, -0.05) is 0 Å². The van der Waals surface area contributed by atoms with E-state index in [0.29, 0.717) is 0 Å². The van der Waals surface area contributed by atoms with Crippen molar-refractivity contribution in [2.45, 2.75) is 6.10 Å². The highest BCUT2D eigenvalue weighted by atomic mass is 32.1. The summed E-state index contributed by atoms with van der Waals surface area (Å²) in [6.45, 7) is 0. The molecule has 1 atom stereocenters. The van der Waals surface area contributed by atoms with E-state index in [-0.39, 0.29) is 17.3 Å². The van der Waals surface area contributed by atoms with Crippen LogP contribution in [-0.4, -0.2) is 28.5 Å². The molecule has 0 aromatic carbocycles. The lowest BCUT2D eigenvalue weighted by Gasteiger charge is -2.00. The Morgan fingerprint density at radius 2 is 2.12 bits per heavy atom. The van der Waals surface area contributed by atoms with Crippen molar-refractivity contribution in [3.05, 3.63) is 0 Å². The minimum atomic E-state index is -0.934. The van der Waals surface area contributed by atoms with Crippen LogP contribution in [0, 0.1) is 0 Å². The number of carbonyl (C=O) groups excluding carboxylic acids is 1. The molecule has 0 heterocycles. The smallest absolute Gasteiger partial charge is 0.171 e. The molecular weight excluding hydrogens is 144 g/mol. The highest BCUT2D eigenvalue weighted by Gasteiger charge is 2.08. The van der Waals surface area contributed by atoms with Crippen molar-refractivity contribution in [2.75, 3.05) is 11.5 Å². The van der Waals surface area contributed by atoms with E-state index < -0.39 is 6.10 Å². The third-order valence-electron chi connectivity index (χ3n) is 0.700. The molecule has 1 N–H and O–H groups in total. The molecule has 0 aliphatic heterocycles. The number of Topliss-reactive ketones (excluding diaryl/α,β-unsaturated/α-hetero) is 1. The first kappa shape index (κ1) is 8.33. The summed E-state index contributed by atoms with van der Waals surface area (Å²) in [7, 11) is 0. The molecule has 0 bridgehead atoms. The normalized spacial score (nSPS) is 13.4. The molecule has 0 aliphatic carbocycles. The molecule has 48 valence electrons. The topological polar surface area (TPSA) is 37.3 Å². The van der Waals surface area contributed by atoms with Gasteiger partial charge in [0.05, 0.1) is 5.75 Å². The quantitative estimate of drug-likeness (QED) is 0.489. The van der Waals surface area contributed by atoms with Gasteiger partial charge < -0.3 is 5.11 Å². The molecule has 4 heteroatoms. The molecule has 0 rings (SSSR count). The second-order valence-electron chi connectivity index (χ2n) is 1.32. The molecular formula is C4H8O2S2. The summed E-state index contributed by atoms with van der Waals surface area (Å²) >= 11 is 7.37. The minimum absolute atomic E-state index is 0.0850. The Bertz CT molecular complexity index is 84.1. The first-order valence-corrected chi connectivity index (χ1v) is 3.41. The maximum Gasteiger partial charge on any atom is 0.171 e. The van der Waals surface area contributed by atoms with Gasteiger partial charge in [0.25, 0.3) is 0 Å². The number of aliphatic hydroxyl groups is 1. The molecule has 8 heavy (non-hydrogen) atoms. The lowest BCUT2D eigenvalue weighted by Crippen LogP contribution is -2.22. The third kappa shape index (κ3) is 2.59. The second-order valence-corrected chi connectivity index (χ2v) is 2.00. The molecule has 0 radical (unpaired) electrons. The SMILES string of the molecule is O=C(CS)[C@H](O)CS. The number of hydrogen-bond acceptors (Lipinski definition) is 4. The summed E-state index contributed by atoms with van der Waals surface area (Å²) in [5.74, 6) is -0.00969. The Morgan fingerprint density at radius 1 is 1.62 bits per heavy atom. The zero-order valence-corrected chi connectivity index (χ0v) is 6.03. The van der Waals surface area contributed by atoms with Crippen molar-refractivity contribution in [3.8, 4) is 0 Å². The molecule has 0 aromatic rings. The van der Waals surface area contributed by atoms with Crippen LogP contribution < -0.4 is 0 Å². The zero-order valence-electron chi connectivity index (χ0n) is 4.24. The summed E-state index contributed by atoms with van der Waals surface area (Å²) in [5, 5.41) is 8.65. The van der Waals surface area contributed by atoms with Crippen LogP contribution in [0.3, 0.4) is 0 Å². The van der Waals surface area contributed by atoms with Crippen molar-refractivity contribution in [1.29, 1.82) is 0 Å². The molecule has 2 nitrogen and oxygen atoms in total. The van der Waals surface area contributed by atoms with Crippen LogP contribution in [0.4, 0.5) is 0 Å². The van der Waals surface area contributed by atoms with Crippen molar-refractivity contribution < 1.29 is 9.90 Å². The van der Waals surface area contributed by atoms with E-state index in [1.54, 1.807) is 0 Å². The van der Waals surface area contributed by atoms with Crippen LogP contribution in [0.15, 0.2) is 0 Å². The van der Waals surface area contributed by atoms with Gasteiger partial charge in [0.1, 0.15) is 6.10 Å². The highest BCUT2D eigenvalue weighted by molar-refractivity contribution is 7.81. The first-order valence-electron chi connectivity index (χ1n) is 2.15. The van der Waals surface area contributed by atoms with E-state index in [9.17, 15) is 4.79 Å². The third-order valence-corrected chi connectivity index (χ3v) is 1.36.